The Labute approximate surface area is 228 Å². The Hall–Kier alpha value is -1.43. The van der Waals surface area contributed by atoms with Gasteiger partial charge in [-0.3, -0.25) is 4.79 Å². The molecule has 1 N–H and O–H groups in total. The summed E-state index contributed by atoms with van der Waals surface area (Å²) in [6.45, 7) is 24.3. The van der Waals surface area contributed by atoms with Crippen LogP contribution in [0.1, 0.15) is 99.8 Å². The molecule has 0 bridgehead atoms. The molecule has 37 heavy (non-hydrogen) atoms. The lowest BCUT2D eigenvalue weighted by atomic mass is 9.62. The van der Waals surface area contributed by atoms with Crippen LogP contribution in [0.2, 0.25) is 18.1 Å². The zero-order chi connectivity index (χ0) is 28.0. The smallest absolute Gasteiger partial charge is 0.321 e. The molecule has 4 nitrogen and oxygen atoms in total. The van der Waals surface area contributed by atoms with Crippen LogP contribution < -0.4 is 0 Å². The van der Waals surface area contributed by atoms with E-state index in [1.165, 1.54) is 11.1 Å². The second kappa shape index (κ2) is 13.1. The van der Waals surface area contributed by atoms with E-state index in [4.69, 9.17) is 9.16 Å². The predicted molar refractivity (Wildman–Crippen MR) is 158 cm³/mol. The number of fused-ring (bicyclic) bond motifs is 1. The molecule has 0 aliphatic heterocycles. The van der Waals surface area contributed by atoms with Gasteiger partial charge < -0.3 is 14.3 Å². The molecule has 2 aliphatic carbocycles. The quantitative estimate of drug-likeness (QED) is 0.156. The third-order valence-electron chi connectivity index (χ3n) is 9.13. The highest BCUT2D eigenvalue weighted by molar-refractivity contribution is 6.74. The van der Waals surface area contributed by atoms with Gasteiger partial charge in [-0.1, -0.05) is 58.9 Å². The van der Waals surface area contributed by atoms with E-state index in [9.17, 15) is 9.90 Å². The Morgan fingerprint density at radius 3 is 2.51 bits per heavy atom. The lowest BCUT2D eigenvalue weighted by molar-refractivity contribution is -0.151. The zero-order valence-electron chi connectivity index (χ0n) is 25.3. The molecular weight excluding hydrogens is 476 g/mol. The first-order valence-corrected chi connectivity index (χ1v) is 17.3. The van der Waals surface area contributed by atoms with Crippen LogP contribution in [0.4, 0.5) is 0 Å². The first-order chi connectivity index (χ1) is 17.2. The van der Waals surface area contributed by atoms with Crippen molar-refractivity contribution in [2.45, 2.75) is 124 Å². The van der Waals surface area contributed by atoms with Crippen LogP contribution in [0.5, 0.6) is 0 Å². The number of hydrogen-bond donors (Lipinski definition) is 1. The fourth-order valence-electron chi connectivity index (χ4n) is 5.57. The summed E-state index contributed by atoms with van der Waals surface area (Å²) in [5.41, 5.74) is 4.83. The number of carbonyl (C=O) groups excluding carboxylic acids is 1. The Bertz CT molecular complexity index is 916. The molecule has 5 heteroatoms. The average molecular weight is 531 g/mol. The monoisotopic (exact) mass is 530 g/mol. The van der Waals surface area contributed by atoms with Crippen LogP contribution in [0.3, 0.4) is 0 Å². The van der Waals surface area contributed by atoms with Gasteiger partial charge in [0, 0.05) is 6.10 Å². The molecule has 0 amide bonds. The van der Waals surface area contributed by atoms with Gasteiger partial charge in [-0.2, -0.15) is 0 Å². The standard InChI is InChI=1S/C32H54O4Si/c1-11-27-17-13-18-28-24(4)15-14-20-32(27,28)30(34)35-22-26(25(5)21-33)16-12-19-29(23(2)3)36-37(9,10)31(6,7)8/h11,17,23,29,33H,1,12-16,18-22H2,2-10H3/b26-25-/t29?,32-/m0/s1. The molecule has 0 fully saturated rings. The van der Waals surface area contributed by atoms with Crippen LogP contribution in [0.25, 0.3) is 0 Å². The maximum atomic E-state index is 13.8. The average Bonchev–Trinajstić information content (AvgIpc) is 2.83. The van der Waals surface area contributed by atoms with E-state index in [2.05, 4.69) is 67.3 Å². The summed E-state index contributed by atoms with van der Waals surface area (Å²) in [7, 11) is -1.86. The highest BCUT2D eigenvalue weighted by Gasteiger charge is 2.48. The van der Waals surface area contributed by atoms with Gasteiger partial charge in [0.2, 0.25) is 0 Å². The minimum absolute atomic E-state index is 0.0197. The Morgan fingerprint density at radius 1 is 1.27 bits per heavy atom. The summed E-state index contributed by atoms with van der Waals surface area (Å²) in [6, 6.07) is 0. The Morgan fingerprint density at radius 2 is 1.95 bits per heavy atom. The number of carbonyl (C=O) groups is 1. The SMILES string of the molecule is C=CC1=CCCC2=C(C)CCC[C@]12C(=O)OC/C(CCCC(O[Si](C)(C)C(C)(C)C)C(C)C)=C(/C)CO. The van der Waals surface area contributed by atoms with Gasteiger partial charge in [0.25, 0.3) is 0 Å². The van der Waals surface area contributed by atoms with E-state index in [1.807, 2.05) is 13.0 Å². The minimum atomic E-state index is -1.86. The van der Waals surface area contributed by atoms with E-state index in [-0.39, 0.29) is 30.3 Å². The summed E-state index contributed by atoms with van der Waals surface area (Å²) in [6.07, 6.45) is 11.6. The second-order valence-corrected chi connectivity index (χ2v) is 17.8. The molecule has 0 radical (unpaired) electrons. The van der Waals surface area contributed by atoms with Gasteiger partial charge in [-0.05, 0) is 112 Å². The van der Waals surface area contributed by atoms with Crippen LogP contribution in [-0.4, -0.2) is 38.7 Å². The predicted octanol–water partition coefficient (Wildman–Crippen LogP) is 8.45. The van der Waals surface area contributed by atoms with Crippen LogP contribution >= 0.6 is 0 Å². The first-order valence-electron chi connectivity index (χ1n) is 14.4. The van der Waals surface area contributed by atoms with Crippen molar-refractivity contribution in [3.05, 3.63) is 46.6 Å². The molecule has 0 aromatic carbocycles. The van der Waals surface area contributed by atoms with Crippen molar-refractivity contribution in [2.24, 2.45) is 11.3 Å². The maximum Gasteiger partial charge on any atom is 0.321 e. The molecule has 0 saturated heterocycles. The van der Waals surface area contributed by atoms with Gasteiger partial charge in [-0.15, -0.1) is 0 Å². The molecule has 1 unspecified atom stereocenters. The Kier molecular flexibility index (Phi) is 11.2. The van der Waals surface area contributed by atoms with Crippen molar-refractivity contribution in [3.63, 3.8) is 0 Å². The molecule has 0 heterocycles. The third-order valence-corrected chi connectivity index (χ3v) is 13.6. The van der Waals surface area contributed by atoms with Crippen molar-refractivity contribution >= 4 is 14.3 Å². The molecule has 2 rings (SSSR count). The Balaban J connectivity index is 2.13. The molecule has 0 aromatic rings. The van der Waals surface area contributed by atoms with E-state index < -0.39 is 13.7 Å². The van der Waals surface area contributed by atoms with Crippen molar-refractivity contribution in [3.8, 4) is 0 Å². The van der Waals surface area contributed by atoms with Crippen molar-refractivity contribution < 1.29 is 19.1 Å². The van der Waals surface area contributed by atoms with Crippen molar-refractivity contribution in [2.75, 3.05) is 13.2 Å². The molecule has 0 aromatic heterocycles. The van der Waals surface area contributed by atoms with Gasteiger partial charge in [0.15, 0.2) is 8.32 Å². The molecule has 0 saturated carbocycles. The number of aliphatic hydroxyl groups excluding tert-OH is 1. The lowest BCUT2D eigenvalue weighted by Gasteiger charge is -2.42. The van der Waals surface area contributed by atoms with Crippen molar-refractivity contribution in [1.29, 1.82) is 0 Å². The van der Waals surface area contributed by atoms with Crippen LogP contribution in [0, 0.1) is 11.3 Å². The molecular formula is C32H54O4Si. The molecule has 210 valence electrons. The highest BCUT2D eigenvalue weighted by Crippen LogP contribution is 2.52. The van der Waals surface area contributed by atoms with E-state index in [0.29, 0.717) is 5.92 Å². The van der Waals surface area contributed by atoms with Gasteiger partial charge in [0.1, 0.15) is 12.0 Å². The topological polar surface area (TPSA) is 55.8 Å². The number of allylic oxidation sites excluding steroid dienone is 3. The van der Waals surface area contributed by atoms with Crippen LogP contribution in [0.15, 0.2) is 46.6 Å². The maximum absolute atomic E-state index is 13.8. The van der Waals surface area contributed by atoms with Gasteiger partial charge in [-0.25, -0.2) is 0 Å². The van der Waals surface area contributed by atoms with Gasteiger partial charge in [0.05, 0.1) is 6.61 Å². The lowest BCUT2D eigenvalue weighted by Crippen LogP contribution is -2.45. The highest BCUT2D eigenvalue weighted by atomic mass is 28.4. The van der Waals surface area contributed by atoms with Crippen LogP contribution in [-0.2, 0) is 14.0 Å². The molecule has 2 atom stereocenters. The number of aliphatic hydroxyl groups is 1. The van der Waals surface area contributed by atoms with Gasteiger partial charge >= 0.3 is 5.97 Å². The second-order valence-electron chi connectivity index (χ2n) is 13.1. The number of esters is 1. The van der Waals surface area contributed by atoms with E-state index >= 15 is 0 Å². The normalized spacial score (nSPS) is 22.3. The summed E-state index contributed by atoms with van der Waals surface area (Å²) in [5.74, 6) is 0.282. The summed E-state index contributed by atoms with van der Waals surface area (Å²) < 4.78 is 12.9. The van der Waals surface area contributed by atoms with E-state index in [0.717, 1.165) is 68.1 Å². The third kappa shape index (κ3) is 7.36. The zero-order valence-corrected chi connectivity index (χ0v) is 26.3. The summed E-state index contributed by atoms with van der Waals surface area (Å²) in [5, 5.41) is 10.1. The van der Waals surface area contributed by atoms with Crippen molar-refractivity contribution in [1.82, 2.24) is 0 Å². The fraction of sp³-hybridized carbons (Fsp3) is 0.719. The fourth-order valence-corrected chi connectivity index (χ4v) is 7.07. The number of rotatable bonds is 12. The first kappa shape index (κ1) is 31.8. The van der Waals surface area contributed by atoms with E-state index in [1.54, 1.807) is 0 Å². The summed E-state index contributed by atoms with van der Waals surface area (Å²) in [4.78, 5) is 13.8. The number of ether oxygens (including phenoxy) is 1. The number of hydrogen-bond acceptors (Lipinski definition) is 4. The largest absolute Gasteiger partial charge is 0.460 e. The summed E-state index contributed by atoms with van der Waals surface area (Å²) >= 11 is 0. The molecule has 2 aliphatic rings. The minimum Gasteiger partial charge on any atom is -0.460 e. The molecule has 0 spiro atoms.